The van der Waals surface area contributed by atoms with Crippen LogP contribution in [0.4, 0.5) is 0 Å². The number of nitrogens with zero attached hydrogens (tertiary/aromatic N) is 5. The summed E-state index contributed by atoms with van der Waals surface area (Å²) in [5.41, 5.74) is 2.51. The predicted molar refractivity (Wildman–Crippen MR) is 94.8 cm³/mol. The van der Waals surface area contributed by atoms with Crippen molar-refractivity contribution in [3.63, 3.8) is 0 Å². The molecule has 24 heavy (non-hydrogen) atoms. The zero-order valence-corrected chi connectivity index (χ0v) is 14.4. The maximum absolute atomic E-state index is 4.84. The van der Waals surface area contributed by atoms with E-state index in [4.69, 9.17) is 4.98 Å². The molecule has 4 rings (SSSR count). The highest BCUT2D eigenvalue weighted by atomic mass is 32.1. The Morgan fingerprint density at radius 3 is 2.96 bits per heavy atom. The molecule has 1 aromatic carbocycles. The van der Waals surface area contributed by atoms with Gasteiger partial charge in [0, 0.05) is 24.4 Å². The molecule has 0 spiro atoms. The molecular formula is C18H21N5S. The number of rotatable bonds is 6. The first-order valence-electron chi connectivity index (χ1n) is 8.40. The Morgan fingerprint density at radius 2 is 2.12 bits per heavy atom. The van der Waals surface area contributed by atoms with E-state index in [0.29, 0.717) is 6.04 Å². The van der Waals surface area contributed by atoms with E-state index >= 15 is 0 Å². The van der Waals surface area contributed by atoms with E-state index in [2.05, 4.69) is 50.7 Å². The molecule has 1 unspecified atom stereocenters. The molecule has 3 aromatic rings. The molecule has 6 heteroatoms. The predicted octanol–water partition coefficient (Wildman–Crippen LogP) is 2.99. The summed E-state index contributed by atoms with van der Waals surface area (Å²) in [5, 5.41) is 7.65. The highest BCUT2D eigenvalue weighted by molar-refractivity contribution is 7.09. The summed E-state index contributed by atoms with van der Waals surface area (Å²) in [6, 6.07) is 11.1. The maximum Gasteiger partial charge on any atom is 0.137 e. The minimum Gasteiger partial charge on any atom is -0.293 e. The van der Waals surface area contributed by atoms with Crippen molar-refractivity contribution in [2.45, 2.75) is 38.4 Å². The molecule has 1 atom stereocenters. The van der Waals surface area contributed by atoms with Crippen molar-refractivity contribution >= 4 is 11.3 Å². The van der Waals surface area contributed by atoms with Gasteiger partial charge in [-0.05, 0) is 24.9 Å². The van der Waals surface area contributed by atoms with Gasteiger partial charge in [0.05, 0.1) is 17.2 Å². The average molecular weight is 339 g/mol. The molecule has 0 N–H and O–H groups in total. The van der Waals surface area contributed by atoms with Crippen LogP contribution in [0.5, 0.6) is 0 Å². The molecule has 2 aromatic heterocycles. The lowest BCUT2D eigenvalue weighted by molar-refractivity contribution is 0.217. The molecule has 0 aliphatic carbocycles. The van der Waals surface area contributed by atoms with Crippen molar-refractivity contribution in [1.82, 2.24) is 24.6 Å². The minimum atomic E-state index is 0.533. The zero-order valence-electron chi connectivity index (χ0n) is 13.6. The van der Waals surface area contributed by atoms with E-state index < -0.39 is 0 Å². The van der Waals surface area contributed by atoms with Crippen LogP contribution < -0.4 is 0 Å². The summed E-state index contributed by atoms with van der Waals surface area (Å²) in [6.07, 6.45) is 6.81. The Hall–Kier alpha value is -2.05. The standard InChI is InChI=1S/C18H21N5S/c1-2-5-15(6-3-1)9-18-21-16(12-24-18)10-22-8-4-7-17(22)11-23-14-19-13-20-23/h1-3,5-6,12-14,17H,4,7-11H2. The molecule has 0 amide bonds. The average Bonchev–Trinajstić information content (AvgIpc) is 3.34. The lowest BCUT2D eigenvalue weighted by Crippen LogP contribution is -2.32. The van der Waals surface area contributed by atoms with E-state index in [1.54, 1.807) is 24.0 Å². The summed E-state index contributed by atoms with van der Waals surface area (Å²) in [7, 11) is 0. The molecule has 0 radical (unpaired) electrons. The van der Waals surface area contributed by atoms with Crippen molar-refractivity contribution in [2.24, 2.45) is 0 Å². The summed E-state index contributed by atoms with van der Waals surface area (Å²) in [4.78, 5) is 11.4. The van der Waals surface area contributed by atoms with Gasteiger partial charge in [-0.3, -0.25) is 9.58 Å². The van der Waals surface area contributed by atoms with Crippen LogP contribution in [0.1, 0.15) is 29.1 Å². The molecule has 3 heterocycles. The number of benzene rings is 1. The van der Waals surface area contributed by atoms with Crippen LogP contribution in [0.25, 0.3) is 0 Å². The third kappa shape index (κ3) is 3.71. The number of likely N-dealkylation sites (tertiary alicyclic amines) is 1. The van der Waals surface area contributed by atoms with E-state index in [0.717, 1.165) is 26.1 Å². The third-order valence-corrected chi connectivity index (χ3v) is 5.42. The van der Waals surface area contributed by atoms with E-state index in [1.807, 2.05) is 4.68 Å². The molecule has 1 saturated heterocycles. The number of aromatic nitrogens is 4. The lowest BCUT2D eigenvalue weighted by atomic mass is 10.2. The van der Waals surface area contributed by atoms with Crippen LogP contribution in [-0.2, 0) is 19.5 Å². The van der Waals surface area contributed by atoms with Crippen LogP contribution in [0.3, 0.4) is 0 Å². The monoisotopic (exact) mass is 339 g/mol. The summed E-state index contributed by atoms with van der Waals surface area (Å²) in [5.74, 6) is 0. The Balaban J connectivity index is 1.38. The fourth-order valence-corrected chi connectivity index (χ4v) is 4.15. The second kappa shape index (κ2) is 7.23. The fourth-order valence-electron chi connectivity index (χ4n) is 3.33. The number of thiazole rings is 1. The maximum atomic E-state index is 4.84. The number of hydrogen-bond acceptors (Lipinski definition) is 5. The summed E-state index contributed by atoms with van der Waals surface area (Å²) in [6.45, 7) is 3.00. The van der Waals surface area contributed by atoms with Gasteiger partial charge in [0.2, 0.25) is 0 Å². The van der Waals surface area contributed by atoms with Crippen molar-refractivity contribution in [2.75, 3.05) is 6.54 Å². The number of hydrogen-bond donors (Lipinski definition) is 0. The first kappa shape index (κ1) is 15.5. The van der Waals surface area contributed by atoms with E-state index in [1.165, 1.54) is 29.1 Å². The summed E-state index contributed by atoms with van der Waals surface area (Å²) >= 11 is 1.77. The minimum absolute atomic E-state index is 0.533. The first-order valence-corrected chi connectivity index (χ1v) is 9.28. The van der Waals surface area contributed by atoms with Crippen LogP contribution in [0.15, 0.2) is 48.4 Å². The Labute approximate surface area is 146 Å². The van der Waals surface area contributed by atoms with Gasteiger partial charge in [-0.15, -0.1) is 11.3 Å². The molecule has 5 nitrogen and oxygen atoms in total. The van der Waals surface area contributed by atoms with E-state index in [9.17, 15) is 0 Å². The van der Waals surface area contributed by atoms with Gasteiger partial charge in [0.1, 0.15) is 12.7 Å². The molecule has 1 fully saturated rings. The first-order chi connectivity index (χ1) is 11.9. The van der Waals surface area contributed by atoms with Crippen molar-refractivity contribution in [1.29, 1.82) is 0 Å². The normalized spacial score (nSPS) is 18.2. The van der Waals surface area contributed by atoms with Gasteiger partial charge in [-0.2, -0.15) is 5.10 Å². The highest BCUT2D eigenvalue weighted by Gasteiger charge is 2.25. The fraction of sp³-hybridized carbons (Fsp3) is 0.389. The quantitative estimate of drug-likeness (QED) is 0.693. The smallest absolute Gasteiger partial charge is 0.137 e. The molecule has 0 saturated carbocycles. The molecular weight excluding hydrogens is 318 g/mol. The second-order valence-corrected chi connectivity index (χ2v) is 7.22. The van der Waals surface area contributed by atoms with E-state index in [-0.39, 0.29) is 0 Å². The Kier molecular flexibility index (Phi) is 4.66. The highest BCUT2D eigenvalue weighted by Crippen LogP contribution is 2.22. The van der Waals surface area contributed by atoms with Crippen molar-refractivity contribution < 1.29 is 0 Å². The van der Waals surface area contributed by atoms with Crippen molar-refractivity contribution in [3.8, 4) is 0 Å². The van der Waals surface area contributed by atoms with Crippen LogP contribution >= 0.6 is 11.3 Å². The van der Waals surface area contributed by atoms with Crippen LogP contribution in [-0.4, -0.2) is 37.2 Å². The molecule has 1 aliphatic rings. The third-order valence-electron chi connectivity index (χ3n) is 4.53. The topological polar surface area (TPSA) is 46.8 Å². The van der Waals surface area contributed by atoms with Gasteiger partial charge in [0.25, 0.3) is 0 Å². The van der Waals surface area contributed by atoms with Gasteiger partial charge in [-0.1, -0.05) is 30.3 Å². The van der Waals surface area contributed by atoms with Crippen LogP contribution in [0, 0.1) is 0 Å². The largest absolute Gasteiger partial charge is 0.293 e. The van der Waals surface area contributed by atoms with Crippen LogP contribution in [0.2, 0.25) is 0 Å². The zero-order chi connectivity index (χ0) is 16.2. The Morgan fingerprint density at radius 1 is 1.21 bits per heavy atom. The lowest BCUT2D eigenvalue weighted by Gasteiger charge is -2.23. The molecule has 0 bridgehead atoms. The molecule has 124 valence electrons. The van der Waals surface area contributed by atoms with Gasteiger partial charge in [-0.25, -0.2) is 9.97 Å². The van der Waals surface area contributed by atoms with Gasteiger partial charge < -0.3 is 0 Å². The van der Waals surface area contributed by atoms with Gasteiger partial charge >= 0.3 is 0 Å². The SMILES string of the molecule is c1ccc(Cc2nc(CN3CCCC3Cn3cncn3)cs2)cc1. The summed E-state index contributed by atoms with van der Waals surface area (Å²) < 4.78 is 1.94. The van der Waals surface area contributed by atoms with Crippen molar-refractivity contribution in [3.05, 3.63) is 64.6 Å². The van der Waals surface area contributed by atoms with Gasteiger partial charge in [0.15, 0.2) is 0 Å². The molecule has 1 aliphatic heterocycles. The second-order valence-electron chi connectivity index (χ2n) is 6.28. The Bertz CT molecular complexity index is 753.